The highest BCUT2D eigenvalue weighted by atomic mass is 32.2. The molecule has 0 aliphatic carbocycles. The zero-order valence-electron chi connectivity index (χ0n) is 17.9. The zero-order chi connectivity index (χ0) is 24.1. The molecule has 0 spiro atoms. The summed E-state index contributed by atoms with van der Waals surface area (Å²) in [6.45, 7) is 0. The first kappa shape index (κ1) is 23.3. The van der Waals surface area contributed by atoms with Crippen molar-refractivity contribution in [3.8, 4) is 5.75 Å². The quantitative estimate of drug-likeness (QED) is 0.296. The molecule has 0 aliphatic rings. The first-order valence-corrected chi connectivity index (χ1v) is 11.8. The minimum atomic E-state index is -1.17. The summed E-state index contributed by atoms with van der Waals surface area (Å²) < 4.78 is 6.66. The highest BCUT2D eigenvalue weighted by Crippen LogP contribution is 2.31. The van der Waals surface area contributed by atoms with Crippen molar-refractivity contribution < 1.29 is 24.2 Å². The smallest absolute Gasteiger partial charge is 0.336 e. The Labute approximate surface area is 203 Å². The molecule has 0 unspecified atom stereocenters. The summed E-state index contributed by atoms with van der Waals surface area (Å²) in [5.41, 5.74) is 1.96. The lowest BCUT2D eigenvalue weighted by atomic mass is 10.1. The number of ether oxygens (including phenoxy) is 1. The van der Waals surface area contributed by atoms with Crippen molar-refractivity contribution in [3.63, 3.8) is 0 Å². The largest absolute Gasteiger partial charge is 0.497 e. The summed E-state index contributed by atoms with van der Waals surface area (Å²) in [5.74, 6) is -0.919. The molecule has 1 heterocycles. The third-order valence-electron chi connectivity index (χ3n) is 4.73. The van der Waals surface area contributed by atoms with Crippen LogP contribution in [0.25, 0.3) is 10.2 Å². The van der Waals surface area contributed by atoms with Gasteiger partial charge in [0.2, 0.25) is 5.91 Å². The fraction of sp³-hybridized carbons (Fsp3) is 0.0833. The third-order valence-corrected chi connectivity index (χ3v) is 6.89. The molecule has 34 heavy (non-hydrogen) atoms. The predicted octanol–water partition coefficient (Wildman–Crippen LogP) is 4.99. The highest BCUT2D eigenvalue weighted by Gasteiger charge is 2.16. The normalized spacial score (nSPS) is 10.6. The van der Waals surface area contributed by atoms with E-state index in [9.17, 15) is 19.5 Å². The Bertz CT molecular complexity index is 1370. The van der Waals surface area contributed by atoms with Crippen LogP contribution in [0.1, 0.15) is 20.7 Å². The van der Waals surface area contributed by atoms with Crippen molar-refractivity contribution in [2.75, 3.05) is 23.5 Å². The van der Waals surface area contributed by atoms with Crippen LogP contribution < -0.4 is 15.4 Å². The molecule has 3 aromatic carbocycles. The molecule has 0 fully saturated rings. The van der Waals surface area contributed by atoms with Crippen LogP contribution in [-0.4, -0.2) is 40.7 Å². The zero-order valence-corrected chi connectivity index (χ0v) is 19.5. The molecule has 0 aliphatic heterocycles. The number of thioether (sulfide) groups is 1. The van der Waals surface area contributed by atoms with Gasteiger partial charge in [0.25, 0.3) is 5.91 Å². The number of hydrogen-bond donors (Lipinski definition) is 3. The lowest BCUT2D eigenvalue weighted by Crippen LogP contribution is -2.16. The Morgan fingerprint density at radius 2 is 1.68 bits per heavy atom. The first-order chi connectivity index (χ1) is 16.4. The van der Waals surface area contributed by atoms with E-state index in [0.29, 0.717) is 17.1 Å². The van der Waals surface area contributed by atoms with Crippen molar-refractivity contribution in [1.82, 2.24) is 4.98 Å². The number of aromatic nitrogens is 1. The summed E-state index contributed by atoms with van der Waals surface area (Å²) in [6, 6.07) is 18.4. The molecule has 1 aromatic heterocycles. The number of anilines is 2. The minimum Gasteiger partial charge on any atom is -0.497 e. The number of amides is 2. The second kappa shape index (κ2) is 10.4. The van der Waals surface area contributed by atoms with Gasteiger partial charge in [-0.2, -0.15) is 0 Å². The number of carboxylic acids is 1. The number of carboxylic acid groups (broad SMARTS) is 1. The lowest BCUT2D eigenvalue weighted by Gasteiger charge is -2.07. The highest BCUT2D eigenvalue weighted by molar-refractivity contribution is 8.01. The first-order valence-electron chi connectivity index (χ1n) is 10.0. The van der Waals surface area contributed by atoms with Gasteiger partial charge in [0.15, 0.2) is 4.34 Å². The Morgan fingerprint density at radius 3 is 2.38 bits per heavy atom. The Kier molecular flexibility index (Phi) is 7.09. The van der Waals surface area contributed by atoms with Crippen molar-refractivity contribution in [2.45, 2.75) is 4.34 Å². The van der Waals surface area contributed by atoms with E-state index in [1.807, 2.05) is 0 Å². The second-order valence-electron chi connectivity index (χ2n) is 7.03. The molecule has 0 atom stereocenters. The number of fused-ring (bicyclic) bond motifs is 1. The van der Waals surface area contributed by atoms with E-state index >= 15 is 0 Å². The molecule has 4 rings (SSSR count). The van der Waals surface area contributed by atoms with Crippen molar-refractivity contribution >= 4 is 62.5 Å². The standard InChI is InChI=1S/C24H19N3O5S2/c1-32-16-9-6-14(7-10-16)25-21(28)13-33-24-27-19-11-8-15(12-20(19)34-24)26-22(29)17-4-2-3-5-18(17)23(30)31/h2-12H,13H2,1H3,(H,25,28)(H,26,29)(H,30,31). The summed E-state index contributed by atoms with van der Waals surface area (Å²) in [5, 5.41) is 14.9. The van der Waals surface area contributed by atoms with E-state index in [2.05, 4.69) is 15.6 Å². The number of benzene rings is 3. The number of carbonyl (C=O) groups excluding carboxylic acids is 2. The van der Waals surface area contributed by atoms with Gasteiger partial charge in [0, 0.05) is 11.4 Å². The second-order valence-corrected chi connectivity index (χ2v) is 9.29. The van der Waals surface area contributed by atoms with Gasteiger partial charge < -0.3 is 20.5 Å². The van der Waals surface area contributed by atoms with Gasteiger partial charge >= 0.3 is 5.97 Å². The number of carbonyl (C=O) groups is 3. The summed E-state index contributed by atoms with van der Waals surface area (Å²) in [7, 11) is 1.58. The maximum Gasteiger partial charge on any atom is 0.336 e. The number of aromatic carboxylic acids is 1. The van der Waals surface area contributed by atoms with E-state index in [1.165, 1.54) is 35.2 Å². The van der Waals surface area contributed by atoms with Gasteiger partial charge in [-0.25, -0.2) is 9.78 Å². The van der Waals surface area contributed by atoms with E-state index in [1.54, 1.807) is 61.7 Å². The molecule has 3 N–H and O–H groups in total. The Balaban J connectivity index is 1.39. The van der Waals surface area contributed by atoms with E-state index in [0.717, 1.165) is 14.6 Å². The third kappa shape index (κ3) is 5.53. The van der Waals surface area contributed by atoms with Crippen molar-refractivity contribution in [1.29, 1.82) is 0 Å². The molecule has 0 saturated carbocycles. The average Bonchev–Trinajstić information content (AvgIpc) is 3.25. The van der Waals surface area contributed by atoms with Crippen LogP contribution in [0.4, 0.5) is 11.4 Å². The maximum absolute atomic E-state index is 12.6. The predicted molar refractivity (Wildman–Crippen MR) is 133 cm³/mol. The molecular formula is C24H19N3O5S2. The fourth-order valence-corrected chi connectivity index (χ4v) is 5.02. The monoisotopic (exact) mass is 493 g/mol. The van der Waals surface area contributed by atoms with Crippen LogP contribution in [-0.2, 0) is 4.79 Å². The molecule has 0 radical (unpaired) electrons. The van der Waals surface area contributed by atoms with Crippen molar-refractivity contribution in [3.05, 3.63) is 77.9 Å². The molecule has 10 heteroatoms. The topological polar surface area (TPSA) is 118 Å². The average molecular weight is 494 g/mol. The summed E-state index contributed by atoms with van der Waals surface area (Å²) in [4.78, 5) is 40.8. The number of thiazole rings is 1. The van der Waals surface area contributed by atoms with Crippen LogP contribution in [0, 0.1) is 0 Å². The number of hydrogen-bond acceptors (Lipinski definition) is 7. The Hall–Kier alpha value is -3.89. The molecular weight excluding hydrogens is 474 g/mol. The number of nitrogens with one attached hydrogen (secondary N) is 2. The van der Waals surface area contributed by atoms with Gasteiger partial charge in [-0.05, 0) is 54.6 Å². The molecule has 2 amide bonds. The van der Waals surface area contributed by atoms with Gasteiger partial charge in [0.05, 0.1) is 34.2 Å². The van der Waals surface area contributed by atoms with Crippen LogP contribution in [0.2, 0.25) is 0 Å². The number of rotatable bonds is 8. The van der Waals surface area contributed by atoms with Crippen LogP contribution in [0.3, 0.4) is 0 Å². The summed E-state index contributed by atoms with van der Waals surface area (Å²) in [6.07, 6.45) is 0. The van der Waals surface area contributed by atoms with Crippen molar-refractivity contribution in [2.24, 2.45) is 0 Å². The Morgan fingerprint density at radius 1 is 0.971 bits per heavy atom. The minimum absolute atomic E-state index is 0.0644. The SMILES string of the molecule is COc1ccc(NC(=O)CSc2nc3ccc(NC(=O)c4ccccc4C(=O)O)cc3s2)cc1. The molecule has 172 valence electrons. The molecule has 0 saturated heterocycles. The van der Waals surface area contributed by atoms with Crippen LogP contribution in [0.15, 0.2) is 71.1 Å². The van der Waals surface area contributed by atoms with E-state index in [4.69, 9.17) is 4.74 Å². The number of nitrogens with zero attached hydrogens (tertiary/aromatic N) is 1. The number of methoxy groups -OCH3 is 1. The summed E-state index contributed by atoms with van der Waals surface area (Å²) >= 11 is 2.73. The van der Waals surface area contributed by atoms with Crippen LogP contribution in [0.5, 0.6) is 5.75 Å². The molecule has 4 aromatic rings. The van der Waals surface area contributed by atoms with Gasteiger partial charge in [-0.1, -0.05) is 23.9 Å². The van der Waals surface area contributed by atoms with Gasteiger partial charge in [-0.3, -0.25) is 9.59 Å². The maximum atomic E-state index is 12.6. The molecule has 8 nitrogen and oxygen atoms in total. The van der Waals surface area contributed by atoms with E-state index < -0.39 is 11.9 Å². The van der Waals surface area contributed by atoms with Gasteiger partial charge in [-0.15, -0.1) is 11.3 Å². The molecule has 0 bridgehead atoms. The fourth-order valence-electron chi connectivity index (χ4n) is 3.11. The van der Waals surface area contributed by atoms with Gasteiger partial charge in [0.1, 0.15) is 5.75 Å². The van der Waals surface area contributed by atoms with E-state index in [-0.39, 0.29) is 22.8 Å². The lowest BCUT2D eigenvalue weighted by molar-refractivity contribution is -0.113. The van der Waals surface area contributed by atoms with Crippen LogP contribution >= 0.6 is 23.1 Å².